The molecule has 0 aliphatic heterocycles. The smallest absolute Gasteiger partial charge is 0.224 e. The van der Waals surface area contributed by atoms with Crippen LogP contribution in [0.15, 0.2) is 54.7 Å². The summed E-state index contributed by atoms with van der Waals surface area (Å²) in [5.41, 5.74) is 8.55. The first-order valence-corrected chi connectivity index (χ1v) is 11.6. The first-order valence-electron chi connectivity index (χ1n) is 11.6. The van der Waals surface area contributed by atoms with Crippen LogP contribution in [0.1, 0.15) is 42.7 Å². The van der Waals surface area contributed by atoms with Crippen LogP contribution in [0.4, 0.5) is 5.69 Å². The Hall–Kier alpha value is -3.64. The second kappa shape index (κ2) is 6.20. The van der Waals surface area contributed by atoms with Gasteiger partial charge in [0.25, 0.3) is 0 Å². The van der Waals surface area contributed by atoms with Crippen molar-refractivity contribution < 1.29 is 4.57 Å². The zero-order valence-corrected chi connectivity index (χ0v) is 18.4. The molecule has 0 amide bonds. The summed E-state index contributed by atoms with van der Waals surface area (Å²) in [6.45, 7) is 9.75. The first kappa shape index (κ1) is 18.0. The van der Waals surface area contributed by atoms with Crippen LogP contribution < -0.4 is 4.57 Å². The third-order valence-corrected chi connectivity index (χ3v) is 7.79. The Kier molecular flexibility index (Phi) is 3.49. The lowest BCUT2D eigenvalue weighted by Gasteiger charge is -2.16. The van der Waals surface area contributed by atoms with Crippen LogP contribution >= 0.6 is 0 Å². The van der Waals surface area contributed by atoms with Gasteiger partial charge in [-0.25, -0.2) is 9.41 Å². The monoisotopic (exact) mass is 414 g/mol. The minimum absolute atomic E-state index is 0.665. The predicted molar refractivity (Wildman–Crippen MR) is 132 cm³/mol. The van der Waals surface area contributed by atoms with Crippen LogP contribution in [0.2, 0.25) is 0 Å². The second-order valence-electron chi connectivity index (χ2n) is 9.56. The molecule has 1 fully saturated rings. The Labute approximate surface area is 186 Å². The highest BCUT2D eigenvalue weighted by Gasteiger charge is 2.26. The van der Waals surface area contributed by atoms with Gasteiger partial charge >= 0.3 is 0 Å². The van der Waals surface area contributed by atoms with Crippen LogP contribution in [-0.4, -0.2) is 4.40 Å². The molecule has 1 aliphatic carbocycles. The maximum atomic E-state index is 7.53. The van der Waals surface area contributed by atoms with E-state index in [1.807, 2.05) is 6.07 Å². The topological polar surface area (TPSA) is 12.6 Å². The number of pyridine rings is 2. The van der Waals surface area contributed by atoms with Crippen LogP contribution in [0, 0.1) is 13.5 Å². The molecule has 3 aromatic carbocycles. The van der Waals surface area contributed by atoms with Gasteiger partial charge in [0.05, 0.1) is 33.9 Å². The van der Waals surface area contributed by atoms with Gasteiger partial charge in [0.2, 0.25) is 5.52 Å². The van der Waals surface area contributed by atoms with E-state index >= 15 is 0 Å². The minimum Gasteiger partial charge on any atom is -0.308 e. The standard InChI is InChI=1S/C29H24N3/c1-17-8-10-22-23-16-21(30-2)9-11-24(23)32-25-15-20(18-6-4-5-7-18)14-19-12-13-31(3)29(27(19)25)26(17)28(22)32/h8-16,18H,4-7H2,1,3H3/q+1. The molecule has 3 heteroatoms. The SMILES string of the molecule is [C-]#[N+]c1ccc2c(c1)c1ccc(C)c3c1n2c1cc(C2CCCC2)cc2cc[n+](C)c3c21. The summed E-state index contributed by atoms with van der Waals surface area (Å²) in [5.74, 6) is 0.665. The average Bonchev–Trinajstić information content (AvgIpc) is 3.46. The van der Waals surface area contributed by atoms with Gasteiger partial charge in [-0.15, -0.1) is 0 Å². The van der Waals surface area contributed by atoms with Crippen molar-refractivity contribution >= 4 is 54.7 Å². The van der Waals surface area contributed by atoms with Crippen molar-refractivity contribution in [2.45, 2.75) is 38.5 Å². The zero-order chi connectivity index (χ0) is 21.6. The number of aryl methyl sites for hydroxylation is 2. The summed E-state index contributed by atoms with van der Waals surface area (Å²) in [5, 5.41) is 6.40. The lowest BCUT2D eigenvalue weighted by Crippen LogP contribution is -2.29. The van der Waals surface area contributed by atoms with Gasteiger partial charge in [-0.1, -0.05) is 37.1 Å². The van der Waals surface area contributed by atoms with E-state index in [1.54, 1.807) is 0 Å². The van der Waals surface area contributed by atoms with E-state index in [1.165, 1.54) is 85.8 Å². The molecule has 1 aliphatic rings. The highest BCUT2D eigenvalue weighted by atomic mass is 15.0. The molecular weight excluding hydrogens is 390 g/mol. The Morgan fingerprint density at radius 2 is 1.78 bits per heavy atom. The quantitative estimate of drug-likeness (QED) is 0.116. The van der Waals surface area contributed by atoms with E-state index in [-0.39, 0.29) is 0 Å². The van der Waals surface area contributed by atoms with Crippen molar-refractivity contribution in [1.29, 1.82) is 0 Å². The van der Waals surface area contributed by atoms with Gasteiger partial charge < -0.3 is 4.40 Å². The van der Waals surface area contributed by atoms with Gasteiger partial charge in [0, 0.05) is 11.5 Å². The van der Waals surface area contributed by atoms with Crippen molar-refractivity contribution in [2.24, 2.45) is 7.05 Å². The van der Waals surface area contributed by atoms with Crippen molar-refractivity contribution in [2.75, 3.05) is 0 Å². The fourth-order valence-corrected chi connectivity index (χ4v) is 6.29. The molecular formula is C29H24N3+. The van der Waals surface area contributed by atoms with E-state index in [0.717, 1.165) is 0 Å². The normalized spacial score (nSPS) is 15.2. The van der Waals surface area contributed by atoms with E-state index < -0.39 is 0 Å². The van der Waals surface area contributed by atoms with E-state index in [9.17, 15) is 0 Å². The van der Waals surface area contributed by atoms with Crippen LogP contribution in [0.3, 0.4) is 0 Å². The Morgan fingerprint density at radius 1 is 0.938 bits per heavy atom. The molecule has 0 N–H and O–H groups in total. The average molecular weight is 415 g/mol. The third-order valence-electron chi connectivity index (χ3n) is 7.79. The summed E-state index contributed by atoms with van der Waals surface area (Å²) in [6.07, 6.45) is 7.48. The van der Waals surface area contributed by atoms with Crippen molar-refractivity contribution in [1.82, 2.24) is 4.40 Å². The fraction of sp³-hybridized carbons (Fsp3) is 0.241. The summed E-state index contributed by atoms with van der Waals surface area (Å²) in [4.78, 5) is 3.71. The zero-order valence-electron chi connectivity index (χ0n) is 18.4. The molecule has 3 nitrogen and oxygen atoms in total. The van der Waals surface area contributed by atoms with Crippen molar-refractivity contribution in [3.05, 3.63) is 77.3 Å². The van der Waals surface area contributed by atoms with Crippen LogP contribution in [-0.2, 0) is 7.05 Å². The van der Waals surface area contributed by atoms with Gasteiger partial charge in [-0.05, 0) is 65.8 Å². The molecule has 154 valence electrons. The minimum atomic E-state index is 0.665. The van der Waals surface area contributed by atoms with Crippen LogP contribution in [0.25, 0.3) is 53.8 Å². The number of nitrogens with zero attached hydrogens (tertiary/aromatic N) is 3. The van der Waals surface area contributed by atoms with E-state index in [4.69, 9.17) is 6.57 Å². The summed E-state index contributed by atoms with van der Waals surface area (Å²) in [7, 11) is 2.16. The van der Waals surface area contributed by atoms with Crippen LogP contribution in [0.5, 0.6) is 0 Å². The first-order chi connectivity index (χ1) is 15.7. The molecule has 0 saturated heterocycles. The summed E-state index contributed by atoms with van der Waals surface area (Å²) < 4.78 is 4.77. The molecule has 6 aromatic rings. The Balaban J connectivity index is 1.81. The molecule has 3 aromatic heterocycles. The molecule has 0 atom stereocenters. The molecule has 0 spiro atoms. The number of hydrogen-bond acceptors (Lipinski definition) is 0. The number of aromatic nitrogens is 2. The third kappa shape index (κ3) is 2.17. The largest absolute Gasteiger partial charge is 0.308 e. The Morgan fingerprint density at radius 3 is 2.59 bits per heavy atom. The number of fused-ring (bicyclic) bond motifs is 5. The fourth-order valence-electron chi connectivity index (χ4n) is 6.29. The highest BCUT2D eigenvalue weighted by Crippen LogP contribution is 2.43. The molecule has 0 radical (unpaired) electrons. The molecule has 1 saturated carbocycles. The predicted octanol–water partition coefficient (Wildman–Crippen LogP) is 7.33. The number of benzene rings is 3. The summed E-state index contributed by atoms with van der Waals surface area (Å²) >= 11 is 0. The molecule has 3 heterocycles. The highest BCUT2D eigenvalue weighted by molar-refractivity contribution is 6.26. The Bertz CT molecular complexity index is 1760. The molecule has 7 rings (SSSR count). The van der Waals surface area contributed by atoms with E-state index in [0.29, 0.717) is 11.6 Å². The van der Waals surface area contributed by atoms with E-state index in [2.05, 4.69) is 76.4 Å². The van der Waals surface area contributed by atoms with Crippen molar-refractivity contribution in [3.8, 4) is 0 Å². The maximum absolute atomic E-state index is 7.53. The lowest BCUT2D eigenvalue weighted by molar-refractivity contribution is -0.643. The molecule has 0 unspecified atom stereocenters. The summed E-state index contributed by atoms with van der Waals surface area (Å²) in [6, 6.07) is 17.8. The van der Waals surface area contributed by atoms with Crippen molar-refractivity contribution in [3.63, 3.8) is 0 Å². The van der Waals surface area contributed by atoms with Gasteiger partial charge in [0.1, 0.15) is 7.05 Å². The molecule has 32 heavy (non-hydrogen) atoms. The number of hydrogen-bond donors (Lipinski definition) is 0. The molecule has 0 bridgehead atoms. The second-order valence-corrected chi connectivity index (χ2v) is 9.56. The lowest BCUT2D eigenvalue weighted by atomic mass is 9.92. The van der Waals surface area contributed by atoms with Gasteiger partial charge in [-0.2, -0.15) is 0 Å². The number of rotatable bonds is 1. The van der Waals surface area contributed by atoms with Gasteiger partial charge in [0.15, 0.2) is 11.9 Å². The maximum Gasteiger partial charge on any atom is 0.224 e. The van der Waals surface area contributed by atoms with Gasteiger partial charge in [-0.3, -0.25) is 0 Å².